The summed E-state index contributed by atoms with van der Waals surface area (Å²) in [5.41, 5.74) is 3.99. The topological polar surface area (TPSA) is 86.8 Å². The summed E-state index contributed by atoms with van der Waals surface area (Å²) in [6, 6.07) is 21.0. The van der Waals surface area contributed by atoms with Crippen molar-refractivity contribution in [3.05, 3.63) is 83.4 Å². The van der Waals surface area contributed by atoms with Crippen LogP contribution >= 0.6 is 0 Å². The Morgan fingerprint density at radius 2 is 1.70 bits per heavy atom. The van der Waals surface area contributed by atoms with Gasteiger partial charge in [-0.25, -0.2) is 8.42 Å². The van der Waals surface area contributed by atoms with Crippen molar-refractivity contribution < 1.29 is 32.1 Å². The fourth-order valence-electron chi connectivity index (χ4n) is 6.33. The molecule has 0 bridgehead atoms. The number of piperidine rings is 1. The van der Waals surface area contributed by atoms with E-state index in [-0.39, 0.29) is 24.8 Å². The molecule has 2 aliphatic heterocycles. The Balaban J connectivity index is 1.47. The van der Waals surface area contributed by atoms with E-state index in [9.17, 15) is 8.42 Å². The molecule has 4 atom stereocenters. The molecule has 46 heavy (non-hydrogen) atoms. The molecular weight excluding hydrogens is 604 g/mol. The molecule has 1 saturated heterocycles. The van der Waals surface area contributed by atoms with Crippen LogP contribution in [0.1, 0.15) is 55.4 Å². The number of methoxy groups -OCH3 is 3. The molecule has 250 valence electrons. The quantitative estimate of drug-likeness (QED) is 0.196. The van der Waals surface area contributed by atoms with Gasteiger partial charge in [0.25, 0.3) is 0 Å². The number of rotatable bonds is 14. The second-order valence-electron chi connectivity index (χ2n) is 12.2. The molecule has 0 spiro atoms. The molecular formula is C36H48N2O7S. The summed E-state index contributed by atoms with van der Waals surface area (Å²) in [6.07, 6.45) is 2.09. The number of aryl methyl sites for hydroxylation is 1. The predicted octanol–water partition coefficient (Wildman–Crippen LogP) is 5.99. The lowest BCUT2D eigenvalue weighted by molar-refractivity contribution is -0.0346. The highest BCUT2D eigenvalue weighted by molar-refractivity contribution is 7.89. The van der Waals surface area contributed by atoms with Gasteiger partial charge in [-0.1, -0.05) is 35.9 Å². The third-order valence-corrected chi connectivity index (χ3v) is 10.9. The van der Waals surface area contributed by atoms with Gasteiger partial charge in [0, 0.05) is 40.0 Å². The monoisotopic (exact) mass is 652 g/mol. The van der Waals surface area contributed by atoms with Gasteiger partial charge in [0.1, 0.15) is 24.2 Å². The molecule has 3 aromatic carbocycles. The average molecular weight is 653 g/mol. The molecule has 0 saturated carbocycles. The smallest absolute Gasteiger partial charge is 0.243 e. The van der Waals surface area contributed by atoms with Gasteiger partial charge < -0.3 is 28.6 Å². The summed E-state index contributed by atoms with van der Waals surface area (Å²) in [5, 5.41) is 0. The Hall–Kier alpha value is -3.15. The number of benzene rings is 3. The lowest BCUT2D eigenvalue weighted by Crippen LogP contribution is -2.50. The van der Waals surface area contributed by atoms with Gasteiger partial charge in [0.15, 0.2) is 0 Å². The van der Waals surface area contributed by atoms with Crippen molar-refractivity contribution in [3.8, 4) is 11.5 Å². The molecule has 9 nitrogen and oxygen atoms in total. The van der Waals surface area contributed by atoms with Crippen molar-refractivity contribution in [1.29, 1.82) is 0 Å². The van der Waals surface area contributed by atoms with E-state index in [0.29, 0.717) is 31.0 Å². The SMILES string of the molecule is COCCCN1CCOc2ccc(C(O[C@@H]3CC[C@H](C[C@H](C)OC)N(S(=O)(=O)c4ccc(C)cc4)C3)c3ccc(OC)cc3)cc21. The van der Waals surface area contributed by atoms with E-state index in [0.717, 1.165) is 59.8 Å². The molecule has 0 aromatic heterocycles. The van der Waals surface area contributed by atoms with Crippen molar-refractivity contribution in [2.45, 2.75) is 68.8 Å². The maximum absolute atomic E-state index is 14.1. The van der Waals surface area contributed by atoms with E-state index in [2.05, 4.69) is 17.0 Å². The van der Waals surface area contributed by atoms with Crippen LogP contribution in [0.4, 0.5) is 5.69 Å². The van der Waals surface area contributed by atoms with Gasteiger partial charge >= 0.3 is 0 Å². The Kier molecular flexibility index (Phi) is 11.6. The van der Waals surface area contributed by atoms with Gasteiger partial charge in [-0.2, -0.15) is 4.31 Å². The van der Waals surface area contributed by atoms with Crippen LogP contribution in [0.2, 0.25) is 0 Å². The van der Waals surface area contributed by atoms with Gasteiger partial charge in [-0.3, -0.25) is 0 Å². The van der Waals surface area contributed by atoms with E-state index in [1.165, 1.54) is 0 Å². The summed E-state index contributed by atoms with van der Waals surface area (Å²) in [6.45, 7) is 7.17. The second kappa shape index (κ2) is 15.6. The molecule has 3 aromatic rings. The largest absolute Gasteiger partial charge is 0.497 e. The number of nitrogens with zero attached hydrogens (tertiary/aromatic N) is 2. The van der Waals surface area contributed by atoms with Crippen LogP contribution in [0.15, 0.2) is 71.6 Å². The van der Waals surface area contributed by atoms with Gasteiger partial charge in [0.05, 0.1) is 36.4 Å². The zero-order valence-electron chi connectivity index (χ0n) is 27.7. The van der Waals surface area contributed by atoms with Crippen LogP contribution in [-0.4, -0.2) is 85.2 Å². The van der Waals surface area contributed by atoms with Crippen molar-refractivity contribution in [3.63, 3.8) is 0 Å². The fraction of sp³-hybridized carbons (Fsp3) is 0.500. The van der Waals surface area contributed by atoms with Crippen LogP contribution in [0.5, 0.6) is 11.5 Å². The molecule has 2 aliphatic rings. The van der Waals surface area contributed by atoms with Crippen LogP contribution in [0.3, 0.4) is 0 Å². The standard InChI is InChI=1S/C36H48N2O7S/c1-26-7-16-33(17-8-26)46(39,40)38-25-32(15-12-30(38)23-27(2)42-4)45-36(28-9-13-31(43-5)14-10-28)29-11-18-35-34(24-29)37(20-22-44-35)19-6-21-41-3/h7-11,13-14,16-18,24,27,30,32,36H,6,12,15,19-23,25H2,1-5H3/t27-,30+,32+,36?/m0/s1. The fourth-order valence-corrected chi connectivity index (χ4v) is 8.03. The predicted molar refractivity (Wildman–Crippen MR) is 180 cm³/mol. The molecule has 0 aliphatic carbocycles. The summed E-state index contributed by atoms with van der Waals surface area (Å²) in [4.78, 5) is 2.63. The summed E-state index contributed by atoms with van der Waals surface area (Å²) in [7, 11) is 1.27. The van der Waals surface area contributed by atoms with Gasteiger partial charge in [-0.05, 0) is 87.1 Å². The number of sulfonamides is 1. The van der Waals surface area contributed by atoms with Gasteiger partial charge in [0.2, 0.25) is 10.0 Å². The minimum Gasteiger partial charge on any atom is -0.497 e. The maximum Gasteiger partial charge on any atom is 0.243 e. The van der Waals surface area contributed by atoms with E-state index >= 15 is 0 Å². The minimum absolute atomic E-state index is 0.0743. The highest BCUT2D eigenvalue weighted by Crippen LogP contribution is 2.39. The second-order valence-corrected chi connectivity index (χ2v) is 14.1. The maximum atomic E-state index is 14.1. The van der Waals surface area contributed by atoms with E-state index in [4.69, 9.17) is 23.7 Å². The van der Waals surface area contributed by atoms with Crippen molar-refractivity contribution in [2.24, 2.45) is 0 Å². The third-order valence-electron chi connectivity index (χ3n) is 9.02. The Morgan fingerprint density at radius 1 is 0.957 bits per heavy atom. The molecule has 0 amide bonds. The molecule has 0 N–H and O–H groups in total. The van der Waals surface area contributed by atoms with Crippen LogP contribution in [0.25, 0.3) is 0 Å². The first-order valence-corrected chi connectivity index (χ1v) is 17.6. The summed E-state index contributed by atoms with van der Waals surface area (Å²) < 4.78 is 59.2. The van der Waals surface area contributed by atoms with Crippen LogP contribution in [0, 0.1) is 6.92 Å². The molecule has 5 rings (SSSR count). The zero-order chi connectivity index (χ0) is 32.7. The highest BCUT2D eigenvalue weighted by Gasteiger charge is 2.39. The van der Waals surface area contributed by atoms with Crippen LogP contribution < -0.4 is 14.4 Å². The number of ether oxygens (including phenoxy) is 5. The first-order chi connectivity index (χ1) is 22.2. The Bertz CT molecular complexity index is 1510. The number of hydrogen-bond donors (Lipinski definition) is 0. The molecule has 2 heterocycles. The minimum atomic E-state index is -3.77. The van der Waals surface area contributed by atoms with E-state index in [1.54, 1.807) is 37.8 Å². The normalized spacial score (nSPS) is 20.1. The Morgan fingerprint density at radius 3 is 2.39 bits per heavy atom. The Labute approximate surface area is 274 Å². The zero-order valence-corrected chi connectivity index (χ0v) is 28.5. The summed E-state index contributed by atoms with van der Waals surface area (Å²) in [5.74, 6) is 1.61. The summed E-state index contributed by atoms with van der Waals surface area (Å²) >= 11 is 0. The van der Waals surface area contributed by atoms with Crippen LogP contribution in [-0.2, 0) is 24.2 Å². The highest BCUT2D eigenvalue weighted by atomic mass is 32.2. The lowest BCUT2D eigenvalue weighted by Gasteiger charge is -2.40. The van der Waals surface area contributed by atoms with E-state index in [1.807, 2.05) is 56.3 Å². The third kappa shape index (κ3) is 8.04. The molecule has 1 unspecified atom stereocenters. The number of fused-ring (bicyclic) bond motifs is 1. The molecule has 0 radical (unpaired) electrons. The molecule has 1 fully saturated rings. The van der Waals surface area contributed by atoms with Crippen molar-refractivity contribution >= 4 is 15.7 Å². The lowest BCUT2D eigenvalue weighted by atomic mass is 9.96. The number of anilines is 1. The molecule has 10 heteroatoms. The van der Waals surface area contributed by atoms with E-state index < -0.39 is 16.1 Å². The first-order valence-electron chi connectivity index (χ1n) is 16.1. The number of hydrogen-bond acceptors (Lipinski definition) is 8. The van der Waals surface area contributed by atoms with Crippen molar-refractivity contribution in [1.82, 2.24) is 4.31 Å². The first kappa shape index (κ1) is 34.2. The van der Waals surface area contributed by atoms with Gasteiger partial charge in [-0.15, -0.1) is 0 Å². The van der Waals surface area contributed by atoms with Crippen molar-refractivity contribution in [2.75, 3.05) is 59.1 Å². The average Bonchev–Trinajstić information content (AvgIpc) is 3.08.